The van der Waals surface area contributed by atoms with Gasteiger partial charge in [-0.2, -0.15) is 0 Å². The zero-order valence-electron chi connectivity index (χ0n) is 24.1. The third kappa shape index (κ3) is 6.85. The van der Waals surface area contributed by atoms with Crippen LogP contribution in [-0.2, 0) is 16.0 Å². The SMILES string of the molecule is CN[C@@H](C)C(=O)N[C@H](C(=O)N1CCC[C@H]1CN(CCc1ccccc1)C(=O)c1cn2cccnc2n1)C(C)(C)C. The highest BCUT2D eigenvalue weighted by Crippen LogP contribution is 2.27. The molecule has 3 aromatic rings. The Labute approximate surface area is 236 Å². The number of nitrogens with zero attached hydrogens (tertiary/aromatic N) is 5. The summed E-state index contributed by atoms with van der Waals surface area (Å²) in [5, 5.41) is 5.91. The molecule has 4 rings (SSSR count). The molecule has 0 saturated carbocycles. The van der Waals surface area contributed by atoms with E-state index in [0.29, 0.717) is 37.5 Å². The molecule has 0 unspecified atom stereocenters. The molecular weight excluding hydrogens is 506 g/mol. The summed E-state index contributed by atoms with van der Waals surface area (Å²) in [6.07, 6.45) is 7.47. The first-order valence-corrected chi connectivity index (χ1v) is 14.0. The van der Waals surface area contributed by atoms with E-state index in [1.54, 1.807) is 41.7 Å². The lowest BCUT2D eigenvalue weighted by Crippen LogP contribution is -2.59. The van der Waals surface area contributed by atoms with Crippen LogP contribution < -0.4 is 10.6 Å². The van der Waals surface area contributed by atoms with Gasteiger partial charge in [-0.1, -0.05) is 51.1 Å². The Hall–Kier alpha value is -3.79. The average molecular weight is 548 g/mol. The second kappa shape index (κ2) is 12.6. The van der Waals surface area contributed by atoms with Crippen LogP contribution in [0.2, 0.25) is 0 Å². The number of benzene rings is 1. The van der Waals surface area contributed by atoms with Gasteiger partial charge in [0.15, 0.2) is 0 Å². The molecule has 3 heterocycles. The van der Waals surface area contributed by atoms with E-state index < -0.39 is 17.5 Å². The van der Waals surface area contributed by atoms with Crippen molar-refractivity contribution in [2.24, 2.45) is 5.41 Å². The number of nitrogens with one attached hydrogen (secondary N) is 2. The molecule has 1 aliphatic heterocycles. The number of aromatic nitrogens is 3. The molecule has 0 aliphatic carbocycles. The highest BCUT2D eigenvalue weighted by atomic mass is 16.2. The van der Waals surface area contributed by atoms with Crippen LogP contribution in [0.25, 0.3) is 5.78 Å². The first kappa shape index (κ1) is 29.2. The number of carbonyl (C=O) groups excluding carboxylic acids is 3. The zero-order chi connectivity index (χ0) is 28.9. The monoisotopic (exact) mass is 547 g/mol. The largest absolute Gasteiger partial charge is 0.342 e. The van der Waals surface area contributed by atoms with Crippen molar-refractivity contribution >= 4 is 23.5 Å². The normalized spacial score (nSPS) is 17.0. The number of carbonyl (C=O) groups is 3. The van der Waals surface area contributed by atoms with Crippen molar-refractivity contribution in [3.8, 4) is 0 Å². The van der Waals surface area contributed by atoms with Crippen LogP contribution in [0.5, 0.6) is 0 Å². The third-order valence-electron chi connectivity index (χ3n) is 7.57. The fourth-order valence-corrected chi connectivity index (χ4v) is 5.06. The maximum Gasteiger partial charge on any atom is 0.274 e. The maximum atomic E-state index is 13.9. The number of likely N-dealkylation sites (N-methyl/N-ethyl adjacent to an activating group) is 1. The van der Waals surface area contributed by atoms with Crippen LogP contribution >= 0.6 is 0 Å². The first-order valence-electron chi connectivity index (χ1n) is 14.0. The summed E-state index contributed by atoms with van der Waals surface area (Å²) in [4.78, 5) is 52.8. The molecule has 40 heavy (non-hydrogen) atoms. The molecule has 2 N–H and O–H groups in total. The predicted octanol–water partition coefficient (Wildman–Crippen LogP) is 2.54. The van der Waals surface area contributed by atoms with Gasteiger partial charge in [0.2, 0.25) is 17.6 Å². The van der Waals surface area contributed by atoms with Crippen LogP contribution in [0, 0.1) is 5.41 Å². The molecule has 1 aliphatic rings. The molecule has 1 aromatic carbocycles. The maximum absolute atomic E-state index is 13.9. The summed E-state index contributed by atoms with van der Waals surface area (Å²) in [6, 6.07) is 10.6. The molecule has 214 valence electrons. The molecule has 1 saturated heterocycles. The number of amides is 3. The van der Waals surface area contributed by atoms with E-state index in [2.05, 4.69) is 20.6 Å². The number of hydrogen-bond donors (Lipinski definition) is 2. The van der Waals surface area contributed by atoms with Crippen molar-refractivity contribution in [2.45, 2.75) is 65.1 Å². The zero-order valence-corrected chi connectivity index (χ0v) is 24.1. The standard InChI is InChI=1S/C30H41N7O3/c1-21(31-5)26(38)34-25(30(2,3)4)28(40)37-17-9-13-23(37)19-35(18-14-22-11-7-6-8-12-22)27(39)24-20-36-16-10-15-32-29(36)33-24/h6-8,10-12,15-16,20-21,23,25,31H,9,13-14,17-19H2,1-5H3,(H,34,38)/t21-,23-,25+/m0/s1. The van der Waals surface area contributed by atoms with Gasteiger partial charge in [0.05, 0.1) is 6.04 Å². The van der Waals surface area contributed by atoms with Crippen LogP contribution in [0.1, 0.15) is 56.6 Å². The fourth-order valence-electron chi connectivity index (χ4n) is 5.06. The molecule has 10 heteroatoms. The van der Waals surface area contributed by atoms with Gasteiger partial charge in [-0.25, -0.2) is 9.97 Å². The molecular formula is C30H41N7O3. The molecule has 1 fully saturated rings. The number of fused-ring (bicyclic) bond motifs is 1. The minimum Gasteiger partial charge on any atom is -0.342 e. The Bertz CT molecular complexity index is 1280. The van der Waals surface area contributed by atoms with Crippen molar-refractivity contribution in [2.75, 3.05) is 26.7 Å². The van der Waals surface area contributed by atoms with Gasteiger partial charge in [0, 0.05) is 44.3 Å². The number of hydrogen-bond acceptors (Lipinski definition) is 6. The summed E-state index contributed by atoms with van der Waals surface area (Å²) in [5.74, 6) is -0.0546. The number of rotatable bonds is 10. The minimum atomic E-state index is -0.686. The summed E-state index contributed by atoms with van der Waals surface area (Å²) < 4.78 is 1.73. The van der Waals surface area contributed by atoms with E-state index in [0.717, 1.165) is 18.4 Å². The van der Waals surface area contributed by atoms with E-state index in [9.17, 15) is 14.4 Å². The Balaban J connectivity index is 1.56. The van der Waals surface area contributed by atoms with Gasteiger partial charge in [-0.05, 0) is 50.3 Å². The number of likely N-dealkylation sites (tertiary alicyclic amines) is 1. The number of imidazole rings is 1. The van der Waals surface area contributed by atoms with Gasteiger partial charge in [-0.3, -0.25) is 18.8 Å². The average Bonchev–Trinajstić information content (AvgIpc) is 3.59. The lowest BCUT2D eigenvalue weighted by molar-refractivity contribution is -0.140. The Morgan fingerprint density at radius 2 is 1.90 bits per heavy atom. The molecule has 2 aromatic heterocycles. The molecule has 0 spiro atoms. The van der Waals surface area contributed by atoms with E-state index in [-0.39, 0.29) is 23.8 Å². The summed E-state index contributed by atoms with van der Waals surface area (Å²) in [6.45, 7) is 9.10. The smallest absolute Gasteiger partial charge is 0.274 e. The van der Waals surface area contributed by atoms with Crippen LogP contribution in [0.4, 0.5) is 0 Å². The van der Waals surface area contributed by atoms with Crippen LogP contribution in [-0.4, -0.2) is 86.7 Å². The minimum absolute atomic E-state index is 0.112. The van der Waals surface area contributed by atoms with Crippen molar-refractivity contribution < 1.29 is 14.4 Å². The molecule has 3 amide bonds. The molecule has 0 bridgehead atoms. The lowest BCUT2D eigenvalue weighted by Gasteiger charge is -2.37. The predicted molar refractivity (Wildman–Crippen MR) is 154 cm³/mol. The summed E-state index contributed by atoms with van der Waals surface area (Å²) >= 11 is 0. The molecule has 10 nitrogen and oxygen atoms in total. The topological polar surface area (TPSA) is 112 Å². The van der Waals surface area contributed by atoms with E-state index >= 15 is 0 Å². The van der Waals surface area contributed by atoms with Gasteiger partial charge in [0.25, 0.3) is 5.91 Å². The highest BCUT2D eigenvalue weighted by Gasteiger charge is 2.41. The van der Waals surface area contributed by atoms with Crippen molar-refractivity contribution in [1.82, 2.24) is 34.8 Å². The third-order valence-corrected chi connectivity index (χ3v) is 7.57. The van der Waals surface area contributed by atoms with Gasteiger partial charge >= 0.3 is 0 Å². The highest BCUT2D eigenvalue weighted by molar-refractivity contribution is 5.93. The van der Waals surface area contributed by atoms with Crippen molar-refractivity contribution in [3.63, 3.8) is 0 Å². The Kier molecular flexibility index (Phi) is 9.19. The Morgan fingerprint density at radius 3 is 2.58 bits per heavy atom. The van der Waals surface area contributed by atoms with Gasteiger partial charge in [-0.15, -0.1) is 0 Å². The summed E-state index contributed by atoms with van der Waals surface area (Å²) in [5.41, 5.74) is 0.966. The first-order chi connectivity index (χ1) is 19.1. The Morgan fingerprint density at radius 1 is 1.15 bits per heavy atom. The van der Waals surface area contributed by atoms with E-state index in [4.69, 9.17) is 0 Å². The van der Waals surface area contributed by atoms with E-state index in [1.807, 2.05) is 62.2 Å². The molecule has 0 radical (unpaired) electrons. The fraction of sp³-hybridized carbons (Fsp3) is 0.500. The van der Waals surface area contributed by atoms with E-state index in [1.165, 1.54) is 0 Å². The van der Waals surface area contributed by atoms with Crippen LogP contribution in [0.15, 0.2) is 55.0 Å². The summed E-state index contributed by atoms with van der Waals surface area (Å²) in [7, 11) is 1.72. The van der Waals surface area contributed by atoms with Crippen LogP contribution in [0.3, 0.4) is 0 Å². The van der Waals surface area contributed by atoms with Crippen molar-refractivity contribution in [3.05, 3.63) is 66.2 Å². The quantitative estimate of drug-likeness (QED) is 0.404. The second-order valence-corrected chi connectivity index (χ2v) is 11.6. The lowest BCUT2D eigenvalue weighted by atomic mass is 9.85. The van der Waals surface area contributed by atoms with Gasteiger partial charge < -0.3 is 20.4 Å². The second-order valence-electron chi connectivity index (χ2n) is 11.6. The van der Waals surface area contributed by atoms with Gasteiger partial charge in [0.1, 0.15) is 11.7 Å². The van der Waals surface area contributed by atoms with Crippen molar-refractivity contribution in [1.29, 1.82) is 0 Å². The molecule has 3 atom stereocenters.